The van der Waals surface area contributed by atoms with E-state index in [0.717, 1.165) is 78.2 Å². The van der Waals surface area contributed by atoms with Gasteiger partial charge in [0.05, 0.1) is 37.8 Å². The van der Waals surface area contributed by atoms with Crippen LogP contribution in [0.25, 0.3) is 55.2 Å². The zero-order valence-electron chi connectivity index (χ0n) is 34.5. The second-order valence-electron chi connectivity index (χ2n) is 15.5. The van der Waals surface area contributed by atoms with Crippen LogP contribution >= 0.6 is 0 Å². The Kier molecular flexibility index (Phi) is 11.9. The number of fused-ring (bicyclic) bond motifs is 2. The summed E-state index contributed by atoms with van der Waals surface area (Å²) in [5.74, 6) is 3.20. The normalized spacial score (nSPS) is 15.0. The minimum atomic E-state index is -0.202. The monoisotopic (exact) mass is 808 g/mol. The Morgan fingerprint density at radius 3 is 1.10 bits per heavy atom. The summed E-state index contributed by atoms with van der Waals surface area (Å²) in [5.41, 5.74) is 8.23. The van der Waals surface area contributed by atoms with Crippen LogP contribution in [0.3, 0.4) is 0 Å². The first-order valence-electron chi connectivity index (χ1n) is 20.8. The van der Waals surface area contributed by atoms with Crippen LogP contribution in [-0.4, -0.2) is 62.8 Å². The van der Waals surface area contributed by atoms with E-state index in [-0.39, 0.29) is 5.41 Å². The minimum Gasteiger partial charge on any atom is -0.491 e. The maximum Gasteiger partial charge on any atom is 0.119 e. The second kappa shape index (κ2) is 18.3. The summed E-state index contributed by atoms with van der Waals surface area (Å²) in [6.45, 7) is 8.09. The fraction of sp³-hybridized carbons (Fsp3) is 0.208. The number of aromatic nitrogens is 2. The van der Waals surface area contributed by atoms with Gasteiger partial charge in [0.1, 0.15) is 49.4 Å². The van der Waals surface area contributed by atoms with Gasteiger partial charge in [-0.15, -0.1) is 0 Å². The Labute approximate surface area is 356 Å². The van der Waals surface area contributed by atoms with Gasteiger partial charge in [0.2, 0.25) is 0 Å². The third-order valence-corrected chi connectivity index (χ3v) is 11.3. The molecule has 0 N–H and O–H groups in total. The van der Waals surface area contributed by atoms with Crippen molar-refractivity contribution in [2.24, 2.45) is 0 Å². The molecule has 0 radical (unpaired) electrons. The fourth-order valence-electron chi connectivity index (χ4n) is 7.77. The molecule has 6 aromatic carbocycles. The Bertz CT molecular complexity index is 2530. The van der Waals surface area contributed by atoms with E-state index >= 15 is 0 Å². The lowest BCUT2D eigenvalue weighted by molar-refractivity contribution is 0.0764. The van der Waals surface area contributed by atoms with Gasteiger partial charge in [-0.25, -0.2) is 0 Å². The number of pyridine rings is 2. The molecule has 0 unspecified atom stereocenters. The summed E-state index contributed by atoms with van der Waals surface area (Å²) in [6.07, 6.45) is 3.90. The molecule has 306 valence electrons. The van der Waals surface area contributed by atoms with Gasteiger partial charge >= 0.3 is 0 Å². The van der Waals surface area contributed by atoms with Crippen LogP contribution in [0.15, 0.2) is 158 Å². The Morgan fingerprint density at radius 2 is 0.738 bits per heavy atom. The molecule has 0 spiro atoms. The molecule has 0 fully saturated rings. The lowest BCUT2D eigenvalue weighted by atomic mass is 9.78. The highest BCUT2D eigenvalue weighted by molar-refractivity contribution is 5.99. The summed E-state index contributed by atoms with van der Waals surface area (Å²) in [7, 11) is 0. The summed E-state index contributed by atoms with van der Waals surface area (Å²) in [5, 5.41) is 4.34. The van der Waals surface area contributed by atoms with E-state index in [1.54, 1.807) is 0 Å². The van der Waals surface area contributed by atoms with Crippen molar-refractivity contribution in [3.05, 3.63) is 169 Å². The van der Waals surface area contributed by atoms with E-state index in [4.69, 9.17) is 38.4 Å². The van der Waals surface area contributed by atoms with E-state index in [0.29, 0.717) is 52.9 Å². The van der Waals surface area contributed by atoms with Crippen molar-refractivity contribution >= 4 is 21.5 Å². The molecule has 8 aromatic rings. The molecule has 22 rings (SSSR count). The Morgan fingerprint density at radius 1 is 0.393 bits per heavy atom. The second-order valence-corrected chi connectivity index (χ2v) is 15.5. The van der Waals surface area contributed by atoms with Gasteiger partial charge in [0, 0.05) is 28.6 Å². The van der Waals surface area contributed by atoms with E-state index in [1.165, 1.54) is 11.1 Å². The zero-order chi connectivity index (χ0) is 41.4. The average molecular weight is 809 g/mol. The Hall–Kier alpha value is -6.74. The molecule has 61 heavy (non-hydrogen) atoms. The molecule has 0 amide bonds. The highest BCUT2D eigenvalue weighted by Gasteiger charge is 2.23. The maximum absolute atomic E-state index is 6.00. The minimum absolute atomic E-state index is 0.202. The third-order valence-electron chi connectivity index (χ3n) is 11.3. The summed E-state index contributed by atoms with van der Waals surface area (Å²) in [4.78, 5) is 9.79. The maximum atomic E-state index is 6.00. The zero-order valence-corrected chi connectivity index (χ0v) is 34.5. The van der Waals surface area contributed by atoms with Crippen LogP contribution in [0.5, 0.6) is 23.0 Å². The van der Waals surface area contributed by atoms with Gasteiger partial charge in [-0.1, -0.05) is 98.8 Å². The first-order chi connectivity index (χ1) is 30.0. The predicted octanol–water partition coefficient (Wildman–Crippen LogP) is 11.4. The molecular weight excluding hydrogens is 761 g/mol. The highest BCUT2D eigenvalue weighted by atomic mass is 16.5. The molecule has 8 nitrogen and oxygen atoms in total. The van der Waals surface area contributed by atoms with Crippen molar-refractivity contribution in [1.82, 2.24) is 9.97 Å². The first-order valence-corrected chi connectivity index (χ1v) is 20.8. The number of rotatable bonds is 0. The van der Waals surface area contributed by atoms with Crippen molar-refractivity contribution in [3.63, 3.8) is 0 Å². The third kappa shape index (κ3) is 9.21. The molecule has 8 heteroatoms. The quantitative estimate of drug-likeness (QED) is 0.150. The van der Waals surface area contributed by atoms with Crippen molar-refractivity contribution < 1.29 is 28.4 Å². The molecule has 0 aliphatic carbocycles. The number of ether oxygens (including phenoxy) is 6. The number of hydrogen-bond donors (Lipinski definition) is 0. The van der Waals surface area contributed by atoms with E-state index < -0.39 is 0 Å². The molecule has 2 aromatic heterocycles. The number of nitrogens with zero attached hydrogens (tertiary/aromatic N) is 2. The molecule has 14 aliphatic heterocycles. The van der Waals surface area contributed by atoms with E-state index in [2.05, 4.69) is 111 Å². The standard InChI is InChI=1S/C53H48N2O6/c1-53(2)41-13-21-45(22-14-41)60-31-27-56-25-29-58-43-17-9-37(10-18-43)47-7-3-5-39-33-51(54-35-49(39)47)52-34-40-6-4-8-48(50(40)36-55-52)38-11-19-44(20-12-38)59-30-26-57-28-32-61-46-23-15-42(53)16-24-46/h3-24,33-36H,25-32H2,1-2H3. The van der Waals surface area contributed by atoms with Gasteiger partial charge in [-0.05, 0) is 105 Å². The lowest BCUT2D eigenvalue weighted by Crippen LogP contribution is -2.19. The topological polar surface area (TPSA) is 81.2 Å². The molecule has 0 atom stereocenters. The van der Waals surface area contributed by atoms with Crippen LogP contribution < -0.4 is 18.9 Å². The van der Waals surface area contributed by atoms with Gasteiger partial charge < -0.3 is 28.4 Å². The molecular formula is C53H48N2O6. The summed E-state index contributed by atoms with van der Waals surface area (Å²) in [6, 6.07) is 49.8. The van der Waals surface area contributed by atoms with Crippen molar-refractivity contribution in [2.75, 3.05) is 52.9 Å². The molecule has 16 bridgehead atoms. The molecule has 0 saturated carbocycles. The lowest BCUT2D eigenvalue weighted by Gasteiger charge is -2.26. The first kappa shape index (κ1) is 39.7. The summed E-state index contributed by atoms with van der Waals surface area (Å²) >= 11 is 0. The van der Waals surface area contributed by atoms with Crippen LogP contribution in [0.2, 0.25) is 0 Å². The van der Waals surface area contributed by atoms with Gasteiger partial charge in [0.25, 0.3) is 0 Å². The number of hydrogen-bond acceptors (Lipinski definition) is 8. The van der Waals surface area contributed by atoms with E-state index in [1.807, 2.05) is 60.9 Å². The van der Waals surface area contributed by atoms with Crippen LogP contribution in [0.1, 0.15) is 25.0 Å². The SMILES string of the molecule is CC1(C)c2ccc(cc2)OCCOCCOc2ccc(cc2)-c2cccc3cc(ncc23)-c2cc3cccc(c3cn2)-c2ccc(cc2)OCCOCCOc2ccc1cc2. The smallest absolute Gasteiger partial charge is 0.119 e. The molecule has 16 heterocycles. The fourth-order valence-corrected chi connectivity index (χ4v) is 7.77. The Balaban J connectivity index is 0.910. The van der Waals surface area contributed by atoms with Gasteiger partial charge in [-0.2, -0.15) is 0 Å². The van der Waals surface area contributed by atoms with Crippen molar-refractivity contribution in [3.8, 4) is 56.6 Å². The predicted molar refractivity (Wildman–Crippen MR) is 242 cm³/mol. The van der Waals surface area contributed by atoms with Crippen LogP contribution in [0.4, 0.5) is 0 Å². The van der Waals surface area contributed by atoms with E-state index in [9.17, 15) is 0 Å². The van der Waals surface area contributed by atoms with Gasteiger partial charge in [0.15, 0.2) is 0 Å². The van der Waals surface area contributed by atoms with Crippen LogP contribution in [0, 0.1) is 0 Å². The van der Waals surface area contributed by atoms with Crippen LogP contribution in [-0.2, 0) is 14.9 Å². The van der Waals surface area contributed by atoms with Crippen molar-refractivity contribution in [2.45, 2.75) is 19.3 Å². The largest absolute Gasteiger partial charge is 0.491 e. The molecule has 0 saturated heterocycles. The highest BCUT2D eigenvalue weighted by Crippen LogP contribution is 2.35. The summed E-state index contributed by atoms with van der Waals surface area (Å²) < 4.78 is 35.6. The molecule has 14 aliphatic rings. The average Bonchev–Trinajstić information content (AvgIpc) is 3.30. The van der Waals surface area contributed by atoms with Gasteiger partial charge in [-0.3, -0.25) is 9.97 Å². The number of benzene rings is 6. The van der Waals surface area contributed by atoms with Crippen molar-refractivity contribution in [1.29, 1.82) is 0 Å².